The van der Waals surface area contributed by atoms with Crippen molar-refractivity contribution in [2.45, 2.75) is 31.1 Å². The van der Waals surface area contributed by atoms with Crippen LogP contribution in [0, 0.1) is 5.82 Å². The summed E-state index contributed by atoms with van der Waals surface area (Å²) in [6, 6.07) is 4.64. The fourth-order valence-electron chi connectivity index (χ4n) is 2.14. The molecule has 4 heteroatoms. The molecule has 1 aliphatic rings. The fraction of sp³-hybridized carbons (Fsp3) is 0.538. The Hall–Kier alpha value is -0.740. The predicted octanol–water partition coefficient (Wildman–Crippen LogP) is 2.91. The minimum Gasteiger partial charge on any atom is -0.505 e. The second-order valence-corrected chi connectivity index (χ2v) is 6.44. The Kier molecular flexibility index (Phi) is 3.94. The molecular weight excluding hydrogens is 237 g/mol. The molecule has 0 amide bonds. The maximum Gasteiger partial charge on any atom is 0.165 e. The molecule has 1 aromatic carbocycles. The highest BCUT2D eigenvalue weighted by molar-refractivity contribution is 8.00. The zero-order chi connectivity index (χ0) is 12.3. The van der Waals surface area contributed by atoms with Crippen LogP contribution in [0.25, 0.3) is 0 Å². The van der Waals surface area contributed by atoms with Crippen LogP contribution < -0.4 is 5.32 Å². The molecule has 94 valence electrons. The van der Waals surface area contributed by atoms with Crippen molar-refractivity contribution in [2.75, 3.05) is 12.3 Å². The largest absolute Gasteiger partial charge is 0.505 e. The second kappa shape index (κ2) is 5.27. The van der Waals surface area contributed by atoms with Crippen molar-refractivity contribution in [3.8, 4) is 5.75 Å². The van der Waals surface area contributed by atoms with Crippen LogP contribution in [0.1, 0.15) is 25.3 Å². The number of phenolic OH excluding ortho intramolecular Hbond substituents is 1. The van der Waals surface area contributed by atoms with Gasteiger partial charge < -0.3 is 10.4 Å². The molecule has 2 N–H and O–H groups in total. The van der Waals surface area contributed by atoms with Gasteiger partial charge in [-0.3, -0.25) is 0 Å². The van der Waals surface area contributed by atoms with Gasteiger partial charge in [0.15, 0.2) is 11.6 Å². The molecular formula is C13H18FNOS. The van der Waals surface area contributed by atoms with Gasteiger partial charge in [0.25, 0.3) is 0 Å². The van der Waals surface area contributed by atoms with E-state index in [0.29, 0.717) is 16.9 Å². The number of hydrogen-bond donors (Lipinski definition) is 2. The standard InChI is InChI=1S/C13H18FNOS/c1-13(6-3-7-17-13)9-15-8-10-4-2-5-11(14)12(10)16/h2,4-5,15-16H,3,6-9H2,1H3. The van der Waals surface area contributed by atoms with E-state index in [2.05, 4.69) is 12.2 Å². The third-order valence-electron chi connectivity index (χ3n) is 3.19. The van der Waals surface area contributed by atoms with Gasteiger partial charge in [0.2, 0.25) is 0 Å². The monoisotopic (exact) mass is 255 g/mol. The van der Waals surface area contributed by atoms with Gasteiger partial charge in [0.1, 0.15) is 0 Å². The van der Waals surface area contributed by atoms with Crippen molar-refractivity contribution < 1.29 is 9.50 Å². The van der Waals surface area contributed by atoms with E-state index >= 15 is 0 Å². The SMILES string of the molecule is CC1(CNCc2cccc(F)c2O)CCCS1. The Labute approximate surface area is 106 Å². The maximum atomic E-state index is 13.1. The molecule has 2 nitrogen and oxygen atoms in total. The number of para-hydroxylation sites is 1. The third-order valence-corrected chi connectivity index (χ3v) is 4.72. The van der Waals surface area contributed by atoms with E-state index in [1.807, 2.05) is 11.8 Å². The van der Waals surface area contributed by atoms with Crippen molar-refractivity contribution in [1.82, 2.24) is 5.32 Å². The van der Waals surface area contributed by atoms with Gasteiger partial charge in [-0.1, -0.05) is 12.1 Å². The number of rotatable bonds is 4. The molecule has 0 saturated carbocycles. The Morgan fingerprint density at radius 2 is 2.35 bits per heavy atom. The van der Waals surface area contributed by atoms with Crippen LogP contribution >= 0.6 is 11.8 Å². The van der Waals surface area contributed by atoms with Crippen LogP contribution in [0.2, 0.25) is 0 Å². The fourth-order valence-corrected chi connectivity index (χ4v) is 3.41. The van der Waals surface area contributed by atoms with E-state index in [1.165, 1.54) is 24.7 Å². The van der Waals surface area contributed by atoms with Gasteiger partial charge in [-0.15, -0.1) is 0 Å². The molecule has 1 aliphatic heterocycles. The number of thioether (sulfide) groups is 1. The Bertz CT molecular complexity index is 391. The molecule has 1 aromatic rings. The molecule has 1 saturated heterocycles. The van der Waals surface area contributed by atoms with Crippen molar-refractivity contribution in [1.29, 1.82) is 0 Å². The molecule has 2 rings (SSSR count). The zero-order valence-corrected chi connectivity index (χ0v) is 10.8. The topological polar surface area (TPSA) is 32.3 Å². The highest BCUT2D eigenvalue weighted by atomic mass is 32.2. The van der Waals surface area contributed by atoms with Crippen LogP contribution in [0.3, 0.4) is 0 Å². The van der Waals surface area contributed by atoms with E-state index < -0.39 is 5.82 Å². The highest BCUT2D eigenvalue weighted by Gasteiger charge is 2.28. The van der Waals surface area contributed by atoms with Crippen LogP contribution in [0.4, 0.5) is 4.39 Å². The molecule has 0 aromatic heterocycles. The first-order chi connectivity index (χ1) is 8.11. The smallest absolute Gasteiger partial charge is 0.165 e. The lowest BCUT2D eigenvalue weighted by atomic mass is 10.1. The normalized spacial score (nSPS) is 24.1. The summed E-state index contributed by atoms with van der Waals surface area (Å²) in [6.07, 6.45) is 2.49. The number of benzene rings is 1. The van der Waals surface area contributed by atoms with E-state index in [-0.39, 0.29) is 5.75 Å². The van der Waals surface area contributed by atoms with Crippen molar-refractivity contribution in [2.24, 2.45) is 0 Å². The van der Waals surface area contributed by atoms with Gasteiger partial charge >= 0.3 is 0 Å². The Balaban J connectivity index is 1.88. The van der Waals surface area contributed by atoms with Crippen LogP contribution in [-0.2, 0) is 6.54 Å². The zero-order valence-electron chi connectivity index (χ0n) is 10.0. The minimum atomic E-state index is -0.550. The van der Waals surface area contributed by atoms with Gasteiger partial charge in [0.05, 0.1) is 0 Å². The third kappa shape index (κ3) is 3.13. The first kappa shape index (κ1) is 12.7. The average molecular weight is 255 g/mol. The summed E-state index contributed by atoms with van der Waals surface area (Å²) in [6.45, 7) is 3.66. The number of nitrogens with one attached hydrogen (secondary N) is 1. The molecule has 0 aliphatic carbocycles. The average Bonchev–Trinajstić information content (AvgIpc) is 2.72. The van der Waals surface area contributed by atoms with Crippen molar-refractivity contribution in [3.63, 3.8) is 0 Å². The van der Waals surface area contributed by atoms with E-state index in [0.717, 1.165) is 6.54 Å². The molecule has 0 spiro atoms. The summed E-state index contributed by atoms with van der Waals surface area (Å²) >= 11 is 1.99. The molecule has 1 fully saturated rings. The Morgan fingerprint density at radius 1 is 1.53 bits per heavy atom. The summed E-state index contributed by atoms with van der Waals surface area (Å²) in [5, 5.41) is 12.8. The van der Waals surface area contributed by atoms with Crippen molar-refractivity contribution >= 4 is 11.8 Å². The summed E-state index contributed by atoms with van der Waals surface area (Å²) in [5.41, 5.74) is 0.622. The minimum absolute atomic E-state index is 0.232. The van der Waals surface area contributed by atoms with Crippen LogP contribution in [0.5, 0.6) is 5.75 Å². The molecule has 1 heterocycles. The van der Waals surface area contributed by atoms with Gasteiger partial charge in [0, 0.05) is 23.4 Å². The number of hydrogen-bond acceptors (Lipinski definition) is 3. The highest BCUT2D eigenvalue weighted by Crippen LogP contribution is 2.37. The molecule has 1 unspecified atom stereocenters. The molecule has 0 radical (unpaired) electrons. The van der Waals surface area contributed by atoms with E-state index in [4.69, 9.17) is 0 Å². The first-order valence-electron chi connectivity index (χ1n) is 5.92. The summed E-state index contributed by atoms with van der Waals surface area (Å²) < 4.78 is 13.4. The number of halogens is 1. The first-order valence-corrected chi connectivity index (χ1v) is 6.90. The Morgan fingerprint density at radius 3 is 3.06 bits per heavy atom. The lowest BCUT2D eigenvalue weighted by molar-refractivity contribution is 0.421. The molecule has 17 heavy (non-hydrogen) atoms. The maximum absolute atomic E-state index is 13.1. The number of aromatic hydroxyl groups is 1. The second-order valence-electron chi connectivity index (χ2n) is 4.75. The molecule has 0 bridgehead atoms. The quantitative estimate of drug-likeness (QED) is 0.867. The lowest BCUT2D eigenvalue weighted by Gasteiger charge is -2.23. The van der Waals surface area contributed by atoms with Crippen molar-refractivity contribution in [3.05, 3.63) is 29.6 Å². The lowest BCUT2D eigenvalue weighted by Crippen LogP contribution is -2.32. The van der Waals surface area contributed by atoms with E-state index in [9.17, 15) is 9.50 Å². The van der Waals surface area contributed by atoms with Gasteiger partial charge in [-0.2, -0.15) is 11.8 Å². The van der Waals surface area contributed by atoms with Crippen LogP contribution in [-0.4, -0.2) is 22.2 Å². The van der Waals surface area contributed by atoms with Crippen LogP contribution in [0.15, 0.2) is 18.2 Å². The summed E-state index contributed by atoms with van der Waals surface area (Å²) in [7, 11) is 0. The molecule has 1 atom stereocenters. The number of phenols is 1. The predicted molar refractivity (Wildman–Crippen MR) is 69.9 cm³/mol. The summed E-state index contributed by atoms with van der Waals surface area (Å²) in [5.74, 6) is 0.443. The van der Waals surface area contributed by atoms with E-state index in [1.54, 1.807) is 12.1 Å². The summed E-state index contributed by atoms with van der Waals surface area (Å²) in [4.78, 5) is 0. The van der Waals surface area contributed by atoms with Gasteiger partial charge in [-0.05, 0) is 31.6 Å². The van der Waals surface area contributed by atoms with Gasteiger partial charge in [-0.25, -0.2) is 4.39 Å².